The summed E-state index contributed by atoms with van der Waals surface area (Å²) in [5.74, 6) is -0.130. The van der Waals surface area contributed by atoms with Crippen molar-refractivity contribution in [3.63, 3.8) is 0 Å². The normalized spacial score (nSPS) is 19.0. The molecule has 3 rings (SSSR count). The van der Waals surface area contributed by atoms with E-state index in [1.165, 1.54) is 19.3 Å². The zero-order valence-corrected chi connectivity index (χ0v) is 18.2. The van der Waals surface area contributed by atoms with E-state index in [-0.39, 0.29) is 18.7 Å². The fraction of sp³-hybridized carbons (Fsp3) is 0.609. The highest BCUT2D eigenvalue weighted by Crippen LogP contribution is 2.20. The number of piperazine rings is 1. The van der Waals surface area contributed by atoms with Crippen LogP contribution in [0, 0.1) is 5.92 Å². The number of piperidine rings is 1. The summed E-state index contributed by atoms with van der Waals surface area (Å²) in [5.41, 5.74) is 6.85. The average molecular weight is 430 g/mol. The lowest BCUT2D eigenvalue weighted by Gasteiger charge is -2.37. The molecule has 2 fully saturated rings. The summed E-state index contributed by atoms with van der Waals surface area (Å²) in [6.45, 7) is 7.38. The summed E-state index contributed by atoms with van der Waals surface area (Å²) >= 11 is 0. The van der Waals surface area contributed by atoms with Crippen LogP contribution in [0.25, 0.3) is 0 Å². The molecule has 0 saturated carbocycles. The van der Waals surface area contributed by atoms with Gasteiger partial charge >= 0.3 is 0 Å². The lowest BCUT2D eigenvalue weighted by molar-refractivity contribution is -0.120. The Kier molecular flexibility index (Phi) is 8.85. The molecule has 2 amide bonds. The van der Waals surface area contributed by atoms with Crippen molar-refractivity contribution in [1.29, 1.82) is 0 Å². The van der Waals surface area contributed by atoms with Gasteiger partial charge in [-0.2, -0.15) is 0 Å². The first kappa shape index (κ1) is 23.2. The number of rotatable bonds is 10. The second-order valence-electron chi connectivity index (χ2n) is 8.53. The van der Waals surface area contributed by atoms with E-state index in [1.54, 1.807) is 6.07 Å². The highest BCUT2D eigenvalue weighted by Gasteiger charge is 2.22. The minimum Gasteiger partial charge on any atom is -0.369 e. The van der Waals surface area contributed by atoms with Crippen molar-refractivity contribution >= 4 is 23.8 Å². The van der Waals surface area contributed by atoms with Gasteiger partial charge in [-0.25, -0.2) is 0 Å². The van der Waals surface area contributed by atoms with Gasteiger partial charge in [0.05, 0.1) is 0 Å². The Morgan fingerprint density at radius 1 is 1.19 bits per heavy atom. The Morgan fingerprint density at radius 3 is 2.61 bits per heavy atom. The van der Waals surface area contributed by atoms with Gasteiger partial charge in [-0.1, -0.05) is 6.07 Å². The Balaban J connectivity index is 1.50. The molecule has 0 aromatic heterocycles. The van der Waals surface area contributed by atoms with Crippen LogP contribution in [0.3, 0.4) is 0 Å². The van der Waals surface area contributed by atoms with Crippen molar-refractivity contribution in [3.05, 3.63) is 29.8 Å². The number of nitrogens with two attached hydrogens (primary N) is 1. The van der Waals surface area contributed by atoms with Crippen LogP contribution in [0.15, 0.2) is 24.3 Å². The van der Waals surface area contributed by atoms with Crippen molar-refractivity contribution in [3.8, 4) is 0 Å². The highest BCUT2D eigenvalue weighted by molar-refractivity contribution is 5.98. The first-order chi connectivity index (χ1) is 15.1. The van der Waals surface area contributed by atoms with Crippen LogP contribution in [-0.4, -0.2) is 74.9 Å². The van der Waals surface area contributed by atoms with Crippen molar-refractivity contribution in [1.82, 2.24) is 15.5 Å². The van der Waals surface area contributed by atoms with Gasteiger partial charge in [-0.05, 0) is 69.4 Å². The third-order valence-corrected chi connectivity index (χ3v) is 6.38. The summed E-state index contributed by atoms with van der Waals surface area (Å²) in [6.07, 6.45) is 4.97. The number of anilines is 1. The molecule has 2 aliphatic rings. The van der Waals surface area contributed by atoms with Gasteiger partial charge < -0.3 is 26.1 Å². The molecule has 1 atom stereocenters. The standard InChI is InChI=1S/C23H35N5O3/c24-22(30)21(5-2-16-29)26-23(31)19-3-1-4-20(17-19)28-14-12-27(13-15-28)11-8-18-6-9-25-10-7-18/h1,3-4,16-18,21,25H,2,5-15H2,(H2,24,30)(H,26,31). The zero-order valence-electron chi connectivity index (χ0n) is 18.2. The maximum atomic E-state index is 12.6. The van der Waals surface area contributed by atoms with E-state index in [1.807, 2.05) is 18.2 Å². The molecule has 0 aliphatic carbocycles. The first-order valence-corrected chi connectivity index (χ1v) is 11.4. The number of carbonyl (C=O) groups is 3. The molecule has 31 heavy (non-hydrogen) atoms. The van der Waals surface area contributed by atoms with E-state index in [0.717, 1.165) is 57.4 Å². The van der Waals surface area contributed by atoms with Gasteiger partial charge in [0.1, 0.15) is 12.3 Å². The molecule has 1 aromatic carbocycles. The van der Waals surface area contributed by atoms with Crippen LogP contribution in [-0.2, 0) is 9.59 Å². The molecule has 8 heteroatoms. The number of aldehydes is 1. The molecular weight excluding hydrogens is 394 g/mol. The van der Waals surface area contributed by atoms with E-state index >= 15 is 0 Å². The average Bonchev–Trinajstić information content (AvgIpc) is 2.81. The fourth-order valence-corrected chi connectivity index (χ4v) is 4.37. The topological polar surface area (TPSA) is 108 Å². The van der Waals surface area contributed by atoms with Gasteiger partial charge in [0.2, 0.25) is 5.91 Å². The number of nitrogens with one attached hydrogen (secondary N) is 2. The molecule has 4 N–H and O–H groups in total. The van der Waals surface area contributed by atoms with E-state index in [2.05, 4.69) is 20.4 Å². The summed E-state index contributed by atoms with van der Waals surface area (Å²) < 4.78 is 0. The SMILES string of the molecule is NC(=O)C(CCC=O)NC(=O)c1cccc(N2CCN(CCC3CCNCC3)CC2)c1. The van der Waals surface area contributed by atoms with Crippen LogP contribution >= 0.6 is 0 Å². The zero-order chi connectivity index (χ0) is 22.1. The van der Waals surface area contributed by atoms with Crippen LogP contribution in [0.4, 0.5) is 5.69 Å². The number of carbonyl (C=O) groups excluding carboxylic acids is 3. The second kappa shape index (κ2) is 11.8. The Morgan fingerprint density at radius 2 is 1.94 bits per heavy atom. The van der Waals surface area contributed by atoms with Gasteiger partial charge in [-0.3, -0.25) is 14.5 Å². The highest BCUT2D eigenvalue weighted by atomic mass is 16.2. The van der Waals surface area contributed by atoms with E-state index in [9.17, 15) is 14.4 Å². The number of hydrogen-bond acceptors (Lipinski definition) is 6. The van der Waals surface area contributed by atoms with Crippen molar-refractivity contribution in [2.45, 2.75) is 38.1 Å². The number of nitrogens with zero attached hydrogens (tertiary/aromatic N) is 2. The van der Waals surface area contributed by atoms with Crippen LogP contribution in [0.1, 0.15) is 42.5 Å². The molecule has 8 nitrogen and oxygen atoms in total. The van der Waals surface area contributed by atoms with E-state index in [4.69, 9.17) is 5.73 Å². The lowest BCUT2D eigenvalue weighted by atomic mass is 9.94. The van der Waals surface area contributed by atoms with Crippen molar-refractivity contribution in [2.75, 3.05) is 50.7 Å². The lowest BCUT2D eigenvalue weighted by Crippen LogP contribution is -2.47. The molecule has 1 aromatic rings. The Bertz CT molecular complexity index is 742. The maximum Gasteiger partial charge on any atom is 0.252 e. The van der Waals surface area contributed by atoms with Crippen LogP contribution in [0.2, 0.25) is 0 Å². The van der Waals surface area contributed by atoms with Gasteiger partial charge in [0.25, 0.3) is 5.91 Å². The molecule has 2 saturated heterocycles. The molecule has 2 aliphatic heterocycles. The summed E-state index contributed by atoms with van der Waals surface area (Å²) in [4.78, 5) is 39.6. The Hall–Kier alpha value is -2.45. The summed E-state index contributed by atoms with van der Waals surface area (Å²) in [6, 6.07) is 6.62. The van der Waals surface area contributed by atoms with Gasteiger partial charge in [0, 0.05) is 43.9 Å². The quantitative estimate of drug-likeness (QED) is 0.474. The largest absolute Gasteiger partial charge is 0.369 e. The minimum absolute atomic E-state index is 0.176. The van der Waals surface area contributed by atoms with E-state index < -0.39 is 11.9 Å². The fourth-order valence-electron chi connectivity index (χ4n) is 4.37. The van der Waals surface area contributed by atoms with Gasteiger partial charge in [0.15, 0.2) is 0 Å². The molecule has 0 spiro atoms. The predicted octanol–water partition coefficient (Wildman–Crippen LogP) is 0.761. The third-order valence-electron chi connectivity index (χ3n) is 6.38. The molecular formula is C23H35N5O3. The van der Waals surface area contributed by atoms with Gasteiger partial charge in [-0.15, -0.1) is 0 Å². The monoisotopic (exact) mass is 429 g/mol. The minimum atomic E-state index is -0.843. The maximum absolute atomic E-state index is 12.6. The summed E-state index contributed by atoms with van der Waals surface area (Å²) in [7, 11) is 0. The van der Waals surface area contributed by atoms with Crippen molar-refractivity contribution in [2.24, 2.45) is 11.7 Å². The second-order valence-corrected chi connectivity index (χ2v) is 8.53. The molecule has 0 bridgehead atoms. The third kappa shape index (κ3) is 7.04. The molecule has 0 radical (unpaired) electrons. The molecule has 170 valence electrons. The number of hydrogen-bond donors (Lipinski definition) is 3. The smallest absolute Gasteiger partial charge is 0.252 e. The number of amides is 2. The number of benzene rings is 1. The molecule has 2 heterocycles. The van der Waals surface area contributed by atoms with E-state index in [0.29, 0.717) is 11.8 Å². The van der Waals surface area contributed by atoms with Crippen LogP contribution in [0.5, 0.6) is 0 Å². The first-order valence-electron chi connectivity index (χ1n) is 11.4. The van der Waals surface area contributed by atoms with Crippen molar-refractivity contribution < 1.29 is 14.4 Å². The van der Waals surface area contributed by atoms with Crippen LogP contribution < -0.4 is 21.3 Å². The molecule has 1 unspecified atom stereocenters. The number of primary amides is 1. The predicted molar refractivity (Wildman–Crippen MR) is 121 cm³/mol. The summed E-state index contributed by atoms with van der Waals surface area (Å²) in [5, 5.41) is 6.08. The Labute approximate surface area is 184 Å².